The lowest BCUT2D eigenvalue weighted by Gasteiger charge is -1.97. The highest BCUT2D eigenvalue weighted by molar-refractivity contribution is 5.54. The maximum Gasteiger partial charge on any atom is 0.226 e. The van der Waals surface area contributed by atoms with Gasteiger partial charge in [0.15, 0.2) is 0 Å². The van der Waals surface area contributed by atoms with Crippen molar-refractivity contribution in [2.24, 2.45) is 5.73 Å². The fourth-order valence-electron chi connectivity index (χ4n) is 2.14. The molecular weight excluding hydrogens is 250 g/mol. The van der Waals surface area contributed by atoms with Gasteiger partial charge in [-0.05, 0) is 12.0 Å². The minimum Gasteiger partial charge on any atom is -0.339 e. The van der Waals surface area contributed by atoms with Crippen LogP contribution in [0.5, 0.6) is 0 Å². The van der Waals surface area contributed by atoms with Crippen molar-refractivity contribution in [2.45, 2.75) is 52.0 Å². The van der Waals surface area contributed by atoms with Crippen molar-refractivity contribution in [3.8, 4) is 11.4 Å². The van der Waals surface area contributed by atoms with Gasteiger partial charge in [0.1, 0.15) is 0 Å². The second-order valence-electron chi connectivity index (χ2n) is 5.08. The van der Waals surface area contributed by atoms with Crippen LogP contribution in [0.15, 0.2) is 28.8 Å². The molecule has 0 spiro atoms. The van der Waals surface area contributed by atoms with Crippen LogP contribution in [0.2, 0.25) is 0 Å². The summed E-state index contributed by atoms with van der Waals surface area (Å²) in [5.74, 6) is 1.40. The van der Waals surface area contributed by atoms with Crippen LogP contribution in [0.25, 0.3) is 11.4 Å². The fourth-order valence-corrected chi connectivity index (χ4v) is 2.14. The lowest BCUT2D eigenvalue weighted by Crippen LogP contribution is -1.95. The smallest absolute Gasteiger partial charge is 0.226 e. The van der Waals surface area contributed by atoms with Crippen molar-refractivity contribution < 1.29 is 4.52 Å². The molecule has 0 amide bonds. The predicted octanol–water partition coefficient (Wildman–Crippen LogP) is 3.71. The zero-order chi connectivity index (χ0) is 14.2. The molecule has 0 aliphatic heterocycles. The number of aryl methyl sites for hydroxylation is 1. The molecule has 1 heterocycles. The van der Waals surface area contributed by atoms with Gasteiger partial charge in [-0.1, -0.05) is 62.0 Å². The first-order valence-corrected chi connectivity index (χ1v) is 7.45. The molecular formula is C16H23N3O. The van der Waals surface area contributed by atoms with Crippen LogP contribution in [0, 0.1) is 0 Å². The Kier molecular flexibility index (Phi) is 5.74. The molecule has 108 valence electrons. The van der Waals surface area contributed by atoms with Crippen molar-refractivity contribution in [3.05, 3.63) is 35.7 Å². The van der Waals surface area contributed by atoms with E-state index in [2.05, 4.69) is 17.1 Å². The maximum atomic E-state index is 5.58. The van der Waals surface area contributed by atoms with Gasteiger partial charge in [-0.15, -0.1) is 0 Å². The van der Waals surface area contributed by atoms with Crippen molar-refractivity contribution in [3.63, 3.8) is 0 Å². The number of hydrogen-bond acceptors (Lipinski definition) is 4. The minimum absolute atomic E-state index is 0.551. The molecule has 2 N–H and O–H groups in total. The van der Waals surface area contributed by atoms with Crippen LogP contribution >= 0.6 is 0 Å². The molecule has 0 saturated heterocycles. The van der Waals surface area contributed by atoms with Gasteiger partial charge >= 0.3 is 0 Å². The highest BCUT2D eigenvalue weighted by Gasteiger charge is 2.08. The summed E-state index contributed by atoms with van der Waals surface area (Å²) in [6, 6.07) is 7.96. The summed E-state index contributed by atoms with van der Waals surface area (Å²) in [6.45, 7) is 2.77. The van der Waals surface area contributed by atoms with E-state index in [1.807, 2.05) is 24.3 Å². The van der Waals surface area contributed by atoms with E-state index >= 15 is 0 Å². The van der Waals surface area contributed by atoms with E-state index in [4.69, 9.17) is 10.3 Å². The molecule has 0 saturated carbocycles. The Balaban J connectivity index is 1.87. The molecule has 4 nitrogen and oxygen atoms in total. The number of rotatable bonds is 8. The van der Waals surface area contributed by atoms with Gasteiger partial charge in [-0.3, -0.25) is 0 Å². The number of unbranched alkanes of at least 4 members (excludes halogenated alkanes) is 4. The highest BCUT2D eigenvalue weighted by atomic mass is 16.5. The maximum absolute atomic E-state index is 5.58. The van der Waals surface area contributed by atoms with Gasteiger partial charge in [0.2, 0.25) is 11.7 Å². The Labute approximate surface area is 120 Å². The van der Waals surface area contributed by atoms with Crippen LogP contribution in [-0.2, 0) is 13.0 Å². The molecule has 0 atom stereocenters. The molecule has 1 aromatic carbocycles. The summed E-state index contributed by atoms with van der Waals surface area (Å²) in [5.41, 5.74) is 7.66. The van der Waals surface area contributed by atoms with Crippen molar-refractivity contribution >= 4 is 0 Å². The first kappa shape index (κ1) is 14.7. The van der Waals surface area contributed by atoms with Gasteiger partial charge in [0.25, 0.3) is 0 Å². The first-order chi connectivity index (χ1) is 9.83. The van der Waals surface area contributed by atoms with E-state index in [1.165, 1.54) is 25.7 Å². The number of hydrogen-bond donors (Lipinski definition) is 1. The largest absolute Gasteiger partial charge is 0.339 e. The van der Waals surface area contributed by atoms with Crippen LogP contribution in [0.1, 0.15) is 50.5 Å². The third kappa shape index (κ3) is 4.17. The van der Waals surface area contributed by atoms with E-state index in [0.717, 1.165) is 29.9 Å². The molecule has 0 fully saturated rings. The molecule has 2 aromatic rings. The Bertz CT molecular complexity index is 505. The average Bonchev–Trinajstić information content (AvgIpc) is 2.96. The Morgan fingerprint density at radius 1 is 1.05 bits per heavy atom. The summed E-state index contributed by atoms with van der Waals surface area (Å²) in [4.78, 5) is 4.44. The topological polar surface area (TPSA) is 64.9 Å². The summed E-state index contributed by atoms with van der Waals surface area (Å²) in [6.07, 6.45) is 7.09. The highest BCUT2D eigenvalue weighted by Crippen LogP contribution is 2.17. The predicted molar refractivity (Wildman–Crippen MR) is 80.1 cm³/mol. The SMILES string of the molecule is CCCCCCCc1nc(-c2ccc(CN)cc2)no1. The molecule has 2 rings (SSSR count). The molecule has 0 aliphatic rings. The third-order valence-electron chi connectivity index (χ3n) is 3.41. The van der Waals surface area contributed by atoms with E-state index in [-0.39, 0.29) is 0 Å². The van der Waals surface area contributed by atoms with Gasteiger partial charge in [0, 0.05) is 18.5 Å². The summed E-state index contributed by atoms with van der Waals surface area (Å²) in [5, 5.41) is 4.04. The lowest BCUT2D eigenvalue weighted by molar-refractivity contribution is 0.374. The Hall–Kier alpha value is -1.68. The summed E-state index contributed by atoms with van der Waals surface area (Å²) < 4.78 is 5.30. The quantitative estimate of drug-likeness (QED) is 0.745. The standard InChI is InChI=1S/C16H23N3O/c1-2-3-4-5-6-7-15-18-16(19-20-15)14-10-8-13(12-17)9-11-14/h8-11H,2-7,12,17H2,1H3. The molecule has 0 aliphatic carbocycles. The van der Waals surface area contributed by atoms with Crippen LogP contribution in [0.4, 0.5) is 0 Å². The Morgan fingerprint density at radius 2 is 1.80 bits per heavy atom. The molecule has 0 radical (unpaired) electrons. The normalized spacial score (nSPS) is 10.9. The van der Waals surface area contributed by atoms with Crippen LogP contribution in [0.3, 0.4) is 0 Å². The van der Waals surface area contributed by atoms with E-state index in [9.17, 15) is 0 Å². The van der Waals surface area contributed by atoms with Crippen LogP contribution < -0.4 is 5.73 Å². The second kappa shape index (κ2) is 7.80. The molecule has 4 heteroatoms. The van der Waals surface area contributed by atoms with E-state index < -0.39 is 0 Å². The number of nitrogens with two attached hydrogens (primary N) is 1. The Morgan fingerprint density at radius 3 is 2.50 bits per heavy atom. The average molecular weight is 273 g/mol. The second-order valence-corrected chi connectivity index (χ2v) is 5.08. The van der Waals surface area contributed by atoms with Crippen molar-refractivity contribution in [2.75, 3.05) is 0 Å². The zero-order valence-corrected chi connectivity index (χ0v) is 12.1. The molecule has 0 unspecified atom stereocenters. The minimum atomic E-state index is 0.551. The summed E-state index contributed by atoms with van der Waals surface area (Å²) in [7, 11) is 0. The van der Waals surface area contributed by atoms with Gasteiger partial charge in [0.05, 0.1) is 0 Å². The number of aromatic nitrogens is 2. The number of benzene rings is 1. The number of nitrogens with zero attached hydrogens (tertiary/aromatic N) is 2. The fraction of sp³-hybridized carbons (Fsp3) is 0.500. The first-order valence-electron chi connectivity index (χ1n) is 7.45. The lowest BCUT2D eigenvalue weighted by atomic mass is 10.1. The van der Waals surface area contributed by atoms with Gasteiger partial charge in [-0.25, -0.2) is 0 Å². The molecule has 1 aromatic heterocycles. The summed E-state index contributed by atoms with van der Waals surface area (Å²) >= 11 is 0. The van der Waals surface area contributed by atoms with E-state index in [0.29, 0.717) is 12.4 Å². The third-order valence-corrected chi connectivity index (χ3v) is 3.41. The van der Waals surface area contributed by atoms with Gasteiger partial charge < -0.3 is 10.3 Å². The zero-order valence-electron chi connectivity index (χ0n) is 12.1. The van der Waals surface area contributed by atoms with E-state index in [1.54, 1.807) is 0 Å². The monoisotopic (exact) mass is 273 g/mol. The van der Waals surface area contributed by atoms with Crippen LogP contribution in [-0.4, -0.2) is 10.1 Å². The van der Waals surface area contributed by atoms with Crippen molar-refractivity contribution in [1.82, 2.24) is 10.1 Å². The van der Waals surface area contributed by atoms with Gasteiger partial charge in [-0.2, -0.15) is 4.98 Å². The molecule has 0 bridgehead atoms. The van der Waals surface area contributed by atoms with Crippen molar-refractivity contribution in [1.29, 1.82) is 0 Å². The molecule has 20 heavy (non-hydrogen) atoms.